The Morgan fingerprint density at radius 1 is 0.484 bits per heavy atom. The van der Waals surface area contributed by atoms with Crippen LogP contribution in [0.2, 0.25) is 0 Å². The first-order valence-corrected chi connectivity index (χ1v) is 13.4. The summed E-state index contributed by atoms with van der Waals surface area (Å²) in [6.07, 6.45) is 6.10. The van der Waals surface area contributed by atoms with Crippen molar-refractivity contribution in [1.29, 1.82) is 0 Å². The molecule has 0 bridgehead atoms. The van der Waals surface area contributed by atoms with Gasteiger partial charge < -0.3 is 0 Å². The second kappa shape index (κ2) is 10.6. The van der Waals surface area contributed by atoms with E-state index in [1.54, 1.807) is 0 Å². The molecule has 4 rings (SSSR count). The van der Waals surface area contributed by atoms with Gasteiger partial charge in [-0.1, -0.05) is 98.6 Å². The fourth-order valence-corrected chi connectivity index (χ4v) is 8.68. The van der Waals surface area contributed by atoms with Crippen LogP contribution in [0.1, 0.15) is 37.3 Å². The number of rotatable bonds is 9. The molecular formula is C30H32P+. The normalized spacial score (nSPS) is 11.4. The molecule has 0 spiro atoms. The average molecular weight is 424 g/mol. The summed E-state index contributed by atoms with van der Waals surface area (Å²) < 4.78 is 0. The molecule has 4 aromatic carbocycles. The van der Waals surface area contributed by atoms with Gasteiger partial charge in [0.15, 0.2) is 0 Å². The Kier molecular flexibility index (Phi) is 7.34. The van der Waals surface area contributed by atoms with E-state index >= 15 is 0 Å². The molecule has 0 atom stereocenters. The summed E-state index contributed by atoms with van der Waals surface area (Å²) in [5.74, 6) is 0. The molecule has 31 heavy (non-hydrogen) atoms. The molecule has 0 fully saturated rings. The summed E-state index contributed by atoms with van der Waals surface area (Å²) in [5, 5.41) is 4.33. The van der Waals surface area contributed by atoms with E-state index in [1.807, 2.05) is 0 Å². The fourth-order valence-electron chi connectivity index (χ4n) is 4.43. The molecule has 156 valence electrons. The molecule has 0 saturated heterocycles. The Bertz CT molecular complexity index is 941. The van der Waals surface area contributed by atoms with E-state index in [1.165, 1.54) is 52.7 Å². The van der Waals surface area contributed by atoms with E-state index in [9.17, 15) is 0 Å². The first kappa shape index (κ1) is 21.5. The lowest BCUT2D eigenvalue weighted by molar-refractivity contribution is 0.717. The van der Waals surface area contributed by atoms with E-state index in [0.717, 1.165) is 6.16 Å². The van der Waals surface area contributed by atoms with Crippen LogP contribution >= 0.6 is 7.26 Å². The molecule has 0 radical (unpaired) electrons. The molecule has 0 aliphatic heterocycles. The Morgan fingerprint density at radius 3 is 1.32 bits per heavy atom. The van der Waals surface area contributed by atoms with Crippen molar-refractivity contribution in [2.45, 2.75) is 38.8 Å². The molecule has 0 N–H and O–H groups in total. The van der Waals surface area contributed by atoms with E-state index in [-0.39, 0.29) is 0 Å². The Hall–Kier alpha value is -2.69. The second-order valence-corrected chi connectivity index (χ2v) is 11.7. The summed E-state index contributed by atoms with van der Waals surface area (Å²) in [6, 6.07) is 42.9. The molecule has 1 heteroatoms. The van der Waals surface area contributed by atoms with Crippen LogP contribution in [0.3, 0.4) is 0 Å². The maximum Gasteiger partial charge on any atom is 0.116 e. The van der Waals surface area contributed by atoms with Crippen LogP contribution in [0.4, 0.5) is 0 Å². The summed E-state index contributed by atoms with van der Waals surface area (Å²) >= 11 is 0. The Balaban J connectivity index is 1.79. The highest BCUT2D eigenvalue weighted by Crippen LogP contribution is 2.58. The molecule has 0 aromatic heterocycles. The van der Waals surface area contributed by atoms with Crippen molar-refractivity contribution >= 4 is 23.2 Å². The third-order valence-electron chi connectivity index (χ3n) is 6.10. The standard InChI is InChI=1S/C30H32P/c1-2-3-7-14-26-21-23-27(24-22-26)25-31(28-15-8-4-9-16-28,29-17-10-5-11-18-29)30-19-12-6-13-20-30/h4-6,8-13,15-24H,2-3,7,14,25H2,1H3/q+1. The van der Waals surface area contributed by atoms with Gasteiger partial charge in [0, 0.05) is 0 Å². The lowest BCUT2D eigenvalue weighted by Gasteiger charge is -2.28. The van der Waals surface area contributed by atoms with Crippen LogP contribution < -0.4 is 15.9 Å². The van der Waals surface area contributed by atoms with Crippen molar-refractivity contribution in [3.05, 3.63) is 126 Å². The summed E-state index contributed by atoms with van der Waals surface area (Å²) in [7, 11) is -1.82. The van der Waals surface area contributed by atoms with Crippen molar-refractivity contribution in [2.75, 3.05) is 0 Å². The largest absolute Gasteiger partial charge is 0.116 e. The minimum absolute atomic E-state index is 1.04. The maximum absolute atomic E-state index is 2.37. The van der Waals surface area contributed by atoms with E-state index in [0.29, 0.717) is 0 Å². The zero-order chi connectivity index (χ0) is 21.4. The predicted octanol–water partition coefficient (Wildman–Crippen LogP) is 6.91. The zero-order valence-electron chi connectivity index (χ0n) is 18.5. The SMILES string of the molecule is CCCCCc1ccc(C[P+](c2ccccc2)(c2ccccc2)c2ccccc2)cc1. The van der Waals surface area contributed by atoms with Crippen LogP contribution in [0, 0.1) is 0 Å². The highest BCUT2D eigenvalue weighted by Gasteiger charge is 2.45. The molecule has 0 aliphatic carbocycles. The summed E-state index contributed by atoms with van der Waals surface area (Å²) in [5.41, 5.74) is 2.88. The van der Waals surface area contributed by atoms with Crippen molar-refractivity contribution < 1.29 is 0 Å². The topological polar surface area (TPSA) is 0 Å². The van der Waals surface area contributed by atoms with Gasteiger partial charge in [0.25, 0.3) is 0 Å². The smallest absolute Gasteiger partial charge is 0.0654 e. The van der Waals surface area contributed by atoms with E-state index in [4.69, 9.17) is 0 Å². The molecule has 0 amide bonds. The van der Waals surface area contributed by atoms with Crippen molar-refractivity contribution in [2.24, 2.45) is 0 Å². The number of hydrogen-bond acceptors (Lipinski definition) is 0. The third-order valence-corrected chi connectivity index (χ3v) is 10.5. The van der Waals surface area contributed by atoms with E-state index < -0.39 is 7.26 Å². The molecule has 0 saturated carbocycles. The predicted molar refractivity (Wildman–Crippen MR) is 139 cm³/mol. The van der Waals surface area contributed by atoms with Crippen LogP contribution in [0.5, 0.6) is 0 Å². The molecule has 4 aromatic rings. The highest BCUT2D eigenvalue weighted by molar-refractivity contribution is 7.95. The monoisotopic (exact) mass is 423 g/mol. The third kappa shape index (κ3) is 4.97. The first-order chi connectivity index (χ1) is 15.3. The van der Waals surface area contributed by atoms with Gasteiger partial charge in [-0.2, -0.15) is 0 Å². The van der Waals surface area contributed by atoms with E-state index in [2.05, 4.69) is 122 Å². The molecule has 0 nitrogen and oxygen atoms in total. The van der Waals surface area contributed by atoms with Gasteiger partial charge in [-0.15, -0.1) is 0 Å². The van der Waals surface area contributed by atoms with Crippen LogP contribution in [-0.4, -0.2) is 0 Å². The van der Waals surface area contributed by atoms with Gasteiger partial charge in [-0.3, -0.25) is 0 Å². The Labute approximate surface area is 188 Å². The quantitative estimate of drug-likeness (QED) is 0.203. The Morgan fingerprint density at radius 2 is 0.903 bits per heavy atom. The maximum atomic E-state index is 2.37. The van der Waals surface area contributed by atoms with Gasteiger partial charge in [-0.05, 0) is 60.4 Å². The van der Waals surface area contributed by atoms with Crippen LogP contribution in [0.25, 0.3) is 0 Å². The van der Waals surface area contributed by atoms with Gasteiger partial charge in [-0.25, -0.2) is 0 Å². The first-order valence-electron chi connectivity index (χ1n) is 11.5. The molecule has 0 unspecified atom stereocenters. The van der Waals surface area contributed by atoms with Gasteiger partial charge in [0.2, 0.25) is 0 Å². The van der Waals surface area contributed by atoms with Crippen molar-refractivity contribution in [3.63, 3.8) is 0 Å². The van der Waals surface area contributed by atoms with Gasteiger partial charge >= 0.3 is 0 Å². The molecule has 0 aliphatic rings. The van der Waals surface area contributed by atoms with Gasteiger partial charge in [0.1, 0.15) is 23.2 Å². The van der Waals surface area contributed by atoms with Crippen molar-refractivity contribution in [3.8, 4) is 0 Å². The van der Waals surface area contributed by atoms with Crippen LogP contribution in [-0.2, 0) is 12.6 Å². The average Bonchev–Trinajstić information content (AvgIpc) is 2.85. The highest BCUT2D eigenvalue weighted by atomic mass is 31.2. The van der Waals surface area contributed by atoms with Gasteiger partial charge in [0.05, 0.1) is 6.16 Å². The number of hydrogen-bond donors (Lipinski definition) is 0. The zero-order valence-corrected chi connectivity index (χ0v) is 19.3. The molecule has 0 heterocycles. The minimum Gasteiger partial charge on any atom is -0.0654 e. The minimum atomic E-state index is -1.82. The van der Waals surface area contributed by atoms with Crippen LogP contribution in [0.15, 0.2) is 115 Å². The number of benzene rings is 4. The molecular weight excluding hydrogens is 391 g/mol. The second-order valence-electron chi connectivity index (χ2n) is 8.25. The number of unbranched alkanes of at least 4 members (excludes halogenated alkanes) is 2. The summed E-state index contributed by atoms with van der Waals surface area (Å²) in [6.45, 7) is 2.27. The lowest BCUT2D eigenvalue weighted by Crippen LogP contribution is -2.32. The number of aryl methyl sites for hydroxylation is 1. The van der Waals surface area contributed by atoms with Crippen molar-refractivity contribution in [1.82, 2.24) is 0 Å². The lowest BCUT2D eigenvalue weighted by atomic mass is 10.1. The fraction of sp³-hybridized carbons (Fsp3) is 0.200. The summed E-state index contributed by atoms with van der Waals surface area (Å²) in [4.78, 5) is 0.